The summed E-state index contributed by atoms with van der Waals surface area (Å²) < 4.78 is 27.1. The summed E-state index contributed by atoms with van der Waals surface area (Å²) in [5.74, 6) is 1.11. The largest absolute Gasteiger partial charge is 0.355 e. The number of nitrogens with one attached hydrogen (secondary N) is 1. The molecule has 1 N–H and O–H groups in total. The monoisotopic (exact) mass is 407 g/mol. The van der Waals surface area contributed by atoms with E-state index in [0.717, 1.165) is 26.1 Å². The van der Waals surface area contributed by atoms with Gasteiger partial charge in [-0.1, -0.05) is 32.0 Å². The second-order valence-electron chi connectivity index (χ2n) is 8.51. The number of piperidine rings is 2. The number of carbonyl (C=O) groups is 1. The van der Waals surface area contributed by atoms with Gasteiger partial charge in [0.25, 0.3) is 0 Å². The first-order chi connectivity index (χ1) is 13.4. The van der Waals surface area contributed by atoms with Crippen molar-refractivity contribution >= 4 is 15.9 Å². The maximum absolute atomic E-state index is 12.8. The van der Waals surface area contributed by atoms with E-state index in [-0.39, 0.29) is 18.4 Å². The van der Waals surface area contributed by atoms with Crippen LogP contribution in [0.2, 0.25) is 0 Å². The minimum absolute atomic E-state index is 0.0222. The first-order valence-corrected chi connectivity index (χ1v) is 11.9. The van der Waals surface area contributed by atoms with E-state index < -0.39 is 10.0 Å². The van der Waals surface area contributed by atoms with Gasteiger partial charge in [-0.3, -0.25) is 4.79 Å². The molecule has 1 aromatic carbocycles. The maximum atomic E-state index is 12.8. The van der Waals surface area contributed by atoms with Gasteiger partial charge in [0.2, 0.25) is 15.9 Å². The summed E-state index contributed by atoms with van der Waals surface area (Å²) in [5.41, 5.74) is 0. The SMILES string of the molecule is CC1CC(C)CN(CCNC(=O)C2CCCN(S(=O)(=O)c3ccccc3)C2)C1. The zero-order chi connectivity index (χ0) is 20.1. The highest BCUT2D eigenvalue weighted by Crippen LogP contribution is 2.24. The Kier molecular flexibility index (Phi) is 7.12. The third-order valence-corrected chi connectivity index (χ3v) is 7.69. The lowest BCUT2D eigenvalue weighted by Crippen LogP contribution is -2.47. The van der Waals surface area contributed by atoms with Crippen LogP contribution < -0.4 is 5.32 Å². The van der Waals surface area contributed by atoms with E-state index in [9.17, 15) is 13.2 Å². The van der Waals surface area contributed by atoms with Crippen molar-refractivity contribution in [1.29, 1.82) is 0 Å². The predicted octanol–water partition coefficient (Wildman–Crippen LogP) is 2.18. The van der Waals surface area contributed by atoms with Crippen LogP contribution in [0.3, 0.4) is 0 Å². The fraction of sp³-hybridized carbons (Fsp3) is 0.667. The summed E-state index contributed by atoms with van der Waals surface area (Å²) in [4.78, 5) is 15.3. The van der Waals surface area contributed by atoms with E-state index in [1.54, 1.807) is 30.3 Å². The van der Waals surface area contributed by atoms with Crippen molar-refractivity contribution in [2.45, 2.75) is 38.0 Å². The molecule has 0 radical (unpaired) electrons. The molecule has 0 aliphatic carbocycles. The van der Waals surface area contributed by atoms with Gasteiger partial charge in [0.05, 0.1) is 10.8 Å². The van der Waals surface area contributed by atoms with Gasteiger partial charge in [-0.25, -0.2) is 8.42 Å². The van der Waals surface area contributed by atoms with Crippen molar-refractivity contribution in [1.82, 2.24) is 14.5 Å². The fourth-order valence-electron chi connectivity index (χ4n) is 4.57. The van der Waals surface area contributed by atoms with Crippen LogP contribution in [0.4, 0.5) is 0 Å². The first kappa shape index (κ1) is 21.3. The maximum Gasteiger partial charge on any atom is 0.243 e. The molecule has 28 heavy (non-hydrogen) atoms. The molecule has 2 heterocycles. The quantitative estimate of drug-likeness (QED) is 0.785. The molecule has 3 atom stereocenters. The van der Waals surface area contributed by atoms with Crippen LogP contribution in [-0.4, -0.2) is 62.8 Å². The van der Waals surface area contributed by atoms with Gasteiger partial charge in [-0.05, 0) is 43.2 Å². The number of sulfonamides is 1. The van der Waals surface area contributed by atoms with Crippen LogP contribution in [0.5, 0.6) is 0 Å². The molecule has 6 nitrogen and oxygen atoms in total. The van der Waals surface area contributed by atoms with Gasteiger partial charge >= 0.3 is 0 Å². The smallest absolute Gasteiger partial charge is 0.243 e. The molecule has 156 valence electrons. The Morgan fingerprint density at radius 1 is 1.11 bits per heavy atom. The Morgan fingerprint density at radius 3 is 2.46 bits per heavy atom. The molecular weight excluding hydrogens is 374 g/mol. The van der Waals surface area contributed by atoms with Crippen molar-refractivity contribution in [3.8, 4) is 0 Å². The summed E-state index contributed by atoms with van der Waals surface area (Å²) in [6.45, 7) is 8.97. The topological polar surface area (TPSA) is 69.7 Å². The highest BCUT2D eigenvalue weighted by atomic mass is 32.2. The fourth-order valence-corrected chi connectivity index (χ4v) is 6.12. The molecule has 2 fully saturated rings. The molecule has 2 saturated heterocycles. The summed E-state index contributed by atoms with van der Waals surface area (Å²) >= 11 is 0. The van der Waals surface area contributed by atoms with Crippen LogP contribution in [0.15, 0.2) is 35.2 Å². The Labute approximate surface area is 169 Å². The van der Waals surface area contributed by atoms with Gasteiger partial charge in [0, 0.05) is 39.3 Å². The molecule has 0 saturated carbocycles. The summed E-state index contributed by atoms with van der Waals surface area (Å²) in [6, 6.07) is 8.47. The Morgan fingerprint density at radius 2 is 1.79 bits per heavy atom. The molecule has 7 heteroatoms. The number of hydrogen-bond acceptors (Lipinski definition) is 4. The summed E-state index contributed by atoms with van der Waals surface area (Å²) in [5, 5.41) is 3.04. The number of benzene rings is 1. The van der Waals surface area contributed by atoms with Crippen molar-refractivity contribution < 1.29 is 13.2 Å². The molecule has 3 rings (SSSR count). The number of hydrogen-bond donors (Lipinski definition) is 1. The van der Waals surface area contributed by atoms with Crippen LogP contribution >= 0.6 is 0 Å². The molecule has 0 bridgehead atoms. The highest BCUT2D eigenvalue weighted by molar-refractivity contribution is 7.89. The molecule has 2 aliphatic rings. The van der Waals surface area contributed by atoms with Crippen LogP contribution in [-0.2, 0) is 14.8 Å². The standard InChI is InChI=1S/C21H33N3O3S/c1-17-13-18(2)15-23(14-17)12-10-22-21(25)19-7-6-11-24(16-19)28(26,27)20-8-4-3-5-9-20/h3-5,8-9,17-19H,6-7,10-16H2,1-2H3,(H,22,25). The van der Waals surface area contributed by atoms with Crippen molar-refractivity contribution in [2.75, 3.05) is 39.3 Å². The number of likely N-dealkylation sites (tertiary alicyclic amines) is 1. The zero-order valence-electron chi connectivity index (χ0n) is 17.0. The molecule has 1 aromatic rings. The minimum atomic E-state index is -3.53. The molecule has 3 unspecified atom stereocenters. The lowest BCUT2D eigenvalue weighted by atomic mass is 9.92. The van der Waals surface area contributed by atoms with E-state index in [2.05, 4.69) is 24.1 Å². The van der Waals surface area contributed by atoms with Gasteiger partial charge < -0.3 is 10.2 Å². The van der Waals surface area contributed by atoms with E-state index >= 15 is 0 Å². The normalized spacial score (nSPS) is 27.4. The lowest BCUT2D eigenvalue weighted by molar-refractivity contribution is -0.126. The average Bonchev–Trinajstić information content (AvgIpc) is 2.68. The van der Waals surface area contributed by atoms with E-state index in [1.165, 1.54) is 10.7 Å². The third kappa shape index (κ3) is 5.33. The van der Waals surface area contributed by atoms with Gasteiger partial charge in [0.15, 0.2) is 0 Å². The van der Waals surface area contributed by atoms with Crippen molar-refractivity contribution in [2.24, 2.45) is 17.8 Å². The van der Waals surface area contributed by atoms with E-state index in [1.807, 2.05) is 0 Å². The van der Waals surface area contributed by atoms with E-state index in [0.29, 0.717) is 36.2 Å². The van der Waals surface area contributed by atoms with Crippen molar-refractivity contribution in [3.63, 3.8) is 0 Å². The van der Waals surface area contributed by atoms with Crippen LogP contribution in [0.1, 0.15) is 33.1 Å². The van der Waals surface area contributed by atoms with Crippen LogP contribution in [0.25, 0.3) is 0 Å². The Bertz CT molecular complexity index is 743. The van der Waals surface area contributed by atoms with Gasteiger partial charge in [0.1, 0.15) is 0 Å². The van der Waals surface area contributed by atoms with Gasteiger partial charge in [-0.2, -0.15) is 4.31 Å². The Hall–Kier alpha value is -1.44. The predicted molar refractivity (Wildman–Crippen MR) is 110 cm³/mol. The van der Waals surface area contributed by atoms with E-state index in [4.69, 9.17) is 0 Å². The number of rotatable bonds is 6. The minimum Gasteiger partial charge on any atom is -0.355 e. The number of amides is 1. The Balaban J connectivity index is 1.50. The second-order valence-corrected chi connectivity index (χ2v) is 10.4. The number of nitrogens with zero attached hydrogens (tertiary/aromatic N) is 2. The second kappa shape index (κ2) is 9.37. The molecular formula is C21H33N3O3S. The summed E-state index contributed by atoms with van der Waals surface area (Å²) in [7, 11) is -3.53. The summed E-state index contributed by atoms with van der Waals surface area (Å²) in [6.07, 6.45) is 2.73. The average molecular weight is 408 g/mol. The number of carbonyl (C=O) groups excluding carboxylic acids is 1. The zero-order valence-corrected chi connectivity index (χ0v) is 17.8. The molecule has 2 aliphatic heterocycles. The first-order valence-electron chi connectivity index (χ1n) is 10.4. The molecule has 0 aromatic heterocycles. The lowest BCUT2D eigenvalue weighted by Gasteiger charge is -2.35. The highest BCUT2D eigenvalue weighted by Gasteiger charge is 2.33. The molecule has 0 spiro atoms. The molecule has 1 amide bonds. The third-order valence-electron chi connectivity index (χ3n) is 5.81. The van der Waals surface area contributed by atoms with Gasteiger partial charge in [-0.15, -0.1) is 0 Å². The van der Waals surface area contributed by atoms with Crippen LogP contribution in [0, 0.1) is 17.8 Å². The van der Waals surface area contributed by atoms with Crippen molar-refractivity contribution in [3.05, 3.63) is 30.3 Å².